The Morgan fingerprint density at radius 1 is 1.15 bits per heavy atom. The molecule has 138 valence electrons. The van der Waals surface area contributed by atoms with Gasteiger partial charge < -0.3 is 10.1 Å². The van der Waals surface area contributed by atoms with Crippen LogP contribution >= 0.6 is 0 Å². The van der Waals surface area contributed by atoms with Gasteiger partial charge in [-0.15, -0.1) is 0 Å². The molecule has 0 aliphatic heterocycles. The molecule has 0 fully saturated rings. The maximum Gasteiger partial charge on any atom is 0.416 e. The zero-order chi connectivity index (χ0) is 19.2. The minimum Gasteiger partial charge on any atom is -0.497 e. The van der Waals surface area contributed by atoms with Crippen LogP contribution in [0.2, 0.25) is 0 Å². The minimum absolute atomic E-state index is 0.0199. The number of anilines is 1. The van der Waals surface area contributed by atoms with E-state index in [2.05, 4.69) is 12.2 Å². The van der Waals surface area contributed by atoms with Crippen LogP contribution in [0.3, 0.4) is 0 Å². The molecule has 26 heavy (non-hydrogen) atoms. The van der Waals surface area contributed by atoms with Crippen molar-refractivity contribution in [1.82, 2.24) is 0 Å². The fourth-order valence-electron chi connectivity index (χ4n) is 2.29. The Labute approximate surface area is 150 Å². The van der Waals surface area contributed by atoms with Crippen molar-refractivity contribution in [2.45, 2.75) is 25.9 Å². The standard InChI is InChI=1S/C20H20F3NO2/c1-3-4-5-6-14-7-9-15(10-8-14)19(25)24-17-11-16(20(21,22)23)12-18(13-17)26-2/h5-13H,3-4H2,1-2H3,(H,24,25)/b6-5+. The summed E-state index contributed by atoms with van der Waals surface area (Å²) in [6, 6.07) is 9.93. The van der Waals surface area contributed by atoms with Crippen molar-refractivity contribution in [2.24, 2.45) is 0 Å². The van der Waals surface area contributed by atoms with Gasteiger partial charge in [0.15, 0.2) is 0 Å². The number of halogens is 3. The topological polar surface area (TPSA) is 38.3 Å². The van der Waals surface area contributed by atoms with Crippen molar-refractivity contribution < 1.29 is 22.7 Å². The number of hydrogen-bond donors (Lipinski definition) is 1. The number of amides is 1. The molecule has 1 amide bonds. The molecule has 0 radical (unpaired) electrons. The highest BCUT2D eigenvalue weighted by Crippen LogP contribution is 2.34. The number of benzene rings is 2. The number of rotatable bonds is 6. The molecule has 0 heterocycles. The third-order valence-electron chi connectivity index (χ3n) is 3.67. The molecule has 3 nitrogen and oxygen atoms in total. The van der Waals surface area contributed by atoms with E-state index in [9.17, 15) is 18.0 Å². The molecule has 0 aliphatic carbocycles. The van der Waals surface area contributed by atoms with Crippen molar-refractivity contribution in [2.75, 3.05) is 12.4 Å². The van der Waals surface area contributed by atoms with Crippen molar-refractivity contribution in [3.63, 3.8) is 0 Å². The maximum atomic E-state index is 12.9. The number of allylic oxidation sites excluding steroid dienone is 1. The Balaban J connectivity index is 2.16. The van der Waals surface area contributed by atoms with E-state index in [-0.39, 0.29) is 11.4 Å². The van der Waals surface area contributed by atoms with Crippen LogP contribution in [0.5, 0.6) is 5.75 Å². The summed E-state index contributed by atoms with van der Waals surface area (Å²) in [6.45, 7) is 2.08. The largest absolute Gasteiger partial charge is 0.497 e. The lowest BCUT2D eigenvalue weighted by Crippen LogP contribution is -2.13. The fourth-order valence-corrected chi connectivity index (χ4v) is 2.29. The van der Waals surface area contributed by atoms with E-state index >= 15 is 0 Å². The number of carbonyl (C=O) groups is 1. The fraction of sp³-hybridized carbons (Fsp3) is 0.250. The van der Waals surface area contributed by atoms with Crippen LogP contribution in [0, 0.1) is 0 Å². The van der Waals surface area contributed by atoms with E-state index < -0.39 is 17.6 Å². The molecule has 0 bridgehead atoms. The average molecular weight is 363 g/mol. The number of ether oxygens (including phenoxy) is 1. The first kappa shape index (κ1) is 19.6. The van der Waals surface area contributed by atoms with Crippen LogP contribution in [0.1, 0.15) is 41.3 Å². The van der Waals surface area contributed by atoms with E-state index in [1.165, 1.54) is 13.2 Å². The molecule has 0 atom stereocenters. The molecule has 6 heteroatoms. The van der Waals surface area contributed by atoms with Crippen LogP contribution in [0.4, 0.5) is 18.9 Å². The Morgan fingerprint density at radius 2 is 1.85 bits per heavy atom. The van der Waals surface area contributed by atoms with Gasteiger partial charge in [-0.25, -0.2) is 0 Å². The molecule has 2 aromatic carbocycles. The monoisotopic (exact) mass is 363 g/mol. The van der Waals surface area contributed by atoms with Gasteiger partial charge in [0.25, 0.3) is 5.91 Å². The number of hydrogen-bond acceptors (Lipinski definition) is 2. The predicted molar refractivity (Wildman–Crippen MR) is 96.3 cm³/mol. The van der Waals surface area contributed by atoms with Crippen molar-refractivity contribution in [3.05, 3.63) is 65.2 Å². The van der Waals surface area contributed by atoms with Crippen LogP contribution < -0.4 is 10.1 Å². The second-order valence-electron chi connectivity index (χ2n) is 5.72. The molecular weight excluding hydrogens is 343 g/mol. The Bertz CT molecular complexity index is 781. The van der Waals surface area contributed by atoms with E-state index in [0.29, 0.717) is 5.56 Å². The highest BCUT2D eigenvalue weighted by molar-refractivity contribution is 6.04. The molecule has 2 rings (SSSR count). The summed E-state index contributed by atoms with van der Waals surface area (Å²) in [6.07, 6.45) is 1.50. The molecule has 0 saturated heterocycles. The lowest BCUT2D eigenvalue weighted by atomic mass is 10.1. The van der Waals surface area contributed by atoms with Crippen LogP contribution in [0.15, 0.2) is 48.5 Å². The van der Waals surface area contributed by atoms with Gasteiger partial charge in [0.2, 0.25) is 0 Å². The smallest absolute Gasteiger partial charge is 0.416 e. The number of carbonyl (C=O) groups excluding carboxylic acids is 1. The van der Waals surface area contributed by atoms with Gasteiger partial charge in [-0.05, 0) is 36.2 Å². The Kier molecular flexibility index (Phi) is 6.44. The van der Waals surface area contributed by atoms with Crippen LogP contribution in [-0.2, 0) is 6.18 Å². The summed E-state index contributed by atoms with van der Waals surface area (Å²) in [4.78, 5) is 12.3. The minimum atomic E-state index is -4.53. The van der Waals surface area contributed by atoms with Gasteiger partial charge in [-0.3, -0.25) is 4.79 Å². The average Bonchev–Trinajstić information content (AvgIpc) is 2.61. The van der Waals surface area contributed by atoms with Gasteiger partial charge in [0.1, 0.15) is 5.75 Å². The van der Waals surface area contributed by atoms with Crippen molar-refractivity contribution in [3.8, 4) is 5.75 Å². The highest BCUT2D eigenvalue weighted by Gasteiger charge is 2.31. The van der Waals surface area contributed by atoms with Gasteiger partial charge in [-0.1, -0.05) is 37.6 Å². The Morgan fingerprint density at radius 3 is 2.42 bits per heavy atom. The second kappa shape index (κ2) is 8.56. The molecule has 1 N–H and O–H groups in total. The quantitative estimate of drug-likeness (QED) is 0.706. The van der Waals surface area contributed by atoms with Crippen molar-refractivity contribution in [1.29, 1.82) is 0 Å². The van der Waals surface area contributed by atoms with Gasteiger partial charge in [-0.2, -0.15) is 13.2 Å². The first-order valence-corrected chi connectivity index (χ1v) is 8.17. The Hall–Kier alpha value is -2.76. The molecule has 0 aromatic heterocycles. The third kappa shape index (κ3) is 5.37. The number of unbranched alkanes of at least 4 members (excludes halogenated alkanes) is 1. The zero-order valence-corrected chi connectivity index (χ0v) is 14.6. The number of nitrogens with one attached hydrogen (secondary N) is 1. The summed E-state index contributed by atoms with van der Waals surface area (Å²) in [5.74, 6) is -0.470. The predicted octanol–water partition coefficient (Wildman–Crippen LogP) is 5.78. The number of alkyl halides is 3. The first-order valence-electron chi connectivity index (χ1n) is 8.17. The van der Waals surface area contributed by atoms with Crippen LogP contribution in [0.25, 0.3) is 6.08 Å². The van der Waals surface area contributed by atoms with E-state index in [1.54, 1.807) is 24.3 Å². The summed E-state index contributed by atoms with van der Waals surface area (Å²) >= 11 is 0. The molecule has 2 aromatic rings. The summed E-state index contributed by atoms with van der Waals surface area (Å²) in [7, 11) is 1.27. The first-order chi connectivity index (χ1) is 12.3. The zero-order valence-electron chi connectivity index (χ0n) is 14.6. The van der Waals surface area contributed by atoms with Gasteiger partial charge in [0.05, 0.1) is 12.7 Å². The molecule has 0 aliphatic rings. The highest BCUT2D eigenvalue weighted by atomic mass is 19.4. The summed E-state index contributed by atoms with van der Waals surface area (Å²) < 4.78 is 43.7. The van der Waals surface area contributed by atoms with E-state index in [0.717, 1.165) is 30.5 Å². The molecular formula is C20H20F3NO2. The van der Waals surface area contributed by atoms with E-state index in [1.807, 2.05) is 12.2 Å². The maximum absolute atomic E-state index is 12.9. The lowest BCUT2D eigenvalue weighted by Gasteiger charge is -2.12. The normalized spacial score (nSPS) is 11.6. The lowest BCUT2D eigenvalue weighted by molar-refractivity contribution is -0.137. The van der Waals surface area contributed by atoms with Crippen molar-refractivity contribution >= 4 is 17.7 Å². The molecule has 0 saturated carbocycles. The van der Waals surface area contributed by atoms with E-state index in [4.69, 9.17) is 4.74 Å². The summed E-state index contributed by atoms with van der Waals surface area (Å²) in [5, 5.41) is 2.48. The summed E-state index contributed by atoms with van der Waals surface area (Å²) in [5.41, 5.74) is 0.446. The molecule has 0 spiro atoms. The van der Waals surface area contributed by atoms with Crippen LogP contribution in [-0.4, -0.2) is 13.0 Å². The number of methoxy groups -OCH3 is 1. The van der Waals surface area contributed by atoms with Gasteiger partial charge >= 0.3 is 6.18 Å². The molecule has 0 unspecified atom stereocenters. The third-order valence-corrected chi connectivity index (χ3v) is 3.67. The second-order valence-corrected chi connectivity index (χ2v) is 5.72. The van der Waals surface area contributed by atoms with Gasteiger partial charge in [0, 0.05) is 17.3 Å². The SMILES string of the molecule is CCC/C=C/c1ccc(C(=O)Nc2cc(OC)cc(C(F)(F)F)c2)cc1.